The molecule has 0 saturated heterocycles. The SMILES string of the molecule is Cc1csc(C(=O)Nc2ccc(C(=O)NCC(=O)O)cc2)c1. The van der Waals surface area contributed by atoms with E-state index in [9.17, 15) is 14.4 Å². The predicted octanol–water partition coefficient (Wildman–Crippen LogP) is 2.12. The molecule has 7 heteroatoms. The minimum absolute atomic E-state index is 0.207. The van der Waals surface area contributed by atoms with Gasteiger partial charge >= 0.3 is 5.97 Å². The van der Waals surface area contributed by atoms with Crippen molar-refractivity contribution in [1.82, 2.24) is 5.32 Å². The molecule has 2 aromatic rings. The van der Waals surface area contributed by atoms with Crippen LogP contribution in [0.1, 0.15) is 25.6 Å². The first-order valence-corrected chi connectivity index (χ1v) is 7.30. The maximum Gasteiger partial charge on any atom is 0.322 e. The Morgan fingerprint density at radius 3 is 2.36 bits per heavy atom. The summed E-state index contributed by atoms with van der Waals surface area (Å²) in [5.41, 5.74) is 1.91. The van der Waals surface area contributed by atoms with Gasteiger partial charge in [0.05, 0.1) is 4.88 Å². The number of hydrogen-bond donors (Lipinski definition) is 3. The Morgan fingerprint density at radius 1 is 1.14 bits per heavy atom. The molecule has 0 radical (unpaired) electrons. The van der Waals surface area contributed by atoms with E-state index in [-0.39, 0.29) is 5.91 Å². The number of aryl methyl sites for hydroxylation is 1. The van der Waals surface area contributed by atoms with Gasteiger partial charge in [-0.25, -0.2) is 0 Å². The molecule has 0 aliphatic heterocycles. The Balaban J connectivity index is 1.98. The van der Waals surface area contributed by atoms with Crippen molar-refractivity contribution in [2.45, 2.75) is 6.92 Å². The summed E-state index contributed by atoms with van der Waals surface area (Å²) in [5.74, 6) is -1.79. The van der Waals surface area contributed by atoms with Crippen molar-refractivity contribution in [2.24, 2.45) is 0 Å². The highest BCUT2D eigenvalue weighted by Crippen LogP contribution is 2.16. The molecule has 2 amide bonds. The van der Waals surface area contributed by atoms with Crippen molar-refractivity contribution in [2.75, 3.05) is 11.9 Å². The van der Waals surface area contributed by atoms with Gasteiger partial charge in [0.25, 0.3) is 11.8 Å². The van der Waals surface area contributed by atoms with Crippen LogP contribution >= 0.6 is 11.3 Å². The fourth-order valence-electron chi connectivity index (χ4n) is 1.71. The quantitative estimate of drug-likeness (QED) is 0.787. The molecule has 1 heterocycles. The van der Waals surface area contributed by atoms with Gasteiger partial charge < -0.3 is 15.7 Å². The van der Waals surface area contributed by atoms with Crippen molar-refractivity contribution in [3.63, 3.8) is 0 Å². The number of rotatable bonds is 5. The number of carboxylic acid groups (broad SMARTS) is 1. The molecule has 6 nitrogen and oxygen atoms in total. The van der Waals surface area contributed by atoms with Gasteiger partial charge in [0.2, 0.25) is 0 Å². The smallest absolute Gasteiger partial charge is 0.322 e. The summed E-state index contributed by atoms with van der Waals surface area (Å²) in [7, 11) is 0. The molecule has 3 N–H and O–H groups in total. The van der Waals surface area contributed by atoms with Crippen LogP contribution in [-0.2, 0) is 4.79 Å². The number of benzene rings is 1. The maximum atomic E-state index is 12.0. The largest absolute Gasteiger partial charge is 0.480 e. The highest BCUT2D eigenvalue weighted by Gasteiger charge is 2.10. The second-order valence-corrected chi connectivity index (χ2v) is 5.51. The van der Waals surface area contributed by atoms with E-state index < -0.39 is 18.4 Å². The van der Waals surface area contributed by atoms with Gasteiger partial charge in [-0.3, -0.25) is 14.4 Å². The Hall–Kier alpha value is -2.67. The predicted molar refractivity (Wildman–Crippen MR) is 83.4 cm³/mol. The molecule has 0 aliphatic rings. The Morgan fingerprint density at radius 2 is 1.82 bits per heavy atom. The molecule has 22 heavy (non-hydrogen) atoms. The zero-order valence-corrected chi connectivity index (χ0v) is 12.6. The molecule has 1 aromatic heterocycles. The number of amides is 2. The Kier molecular flexibility index (Phi) is 4.90. The lowest BCUT2D eigenvalue weighted by Gasteiger charge is -2.06. The van der Waals surface area contributed by atoms with Crippen LogP contribution in [0.5, 0.6) is 0 Å². The molecule has 0 spiro atoms. The van der Waals surface area contributed by atoms with E-state index in [0.29, 0.717) is 16.1 Å². The van der Waals surface area contributed by atoms with Gasteiger partial charge in [-0.15, -0.1) is 11.3 Å². The Bertz CT molecular complexity index is 707. The lowest BCUT2D eigenvalue weighted by molar-refractivity contribution is -0.135. The third-order valence-electron chi connectivity index (χ3n) is 2.76. The van der Waals surface area contributed by atoms with Crippen LogP contribution in [0, 0.1) is 6.92 Å². The third-order valence-corrected chi connectivity index (χ3v) is 3.81. The van der Waals surface area contributed by atoms with E-state index in [4.69, 9.17) is 5.11 Å². The van der Waals surface area contributed by atoms with Gasteiger partial charge in [0, 0.05) is 11.3 Å². The van der Waals surface area contributed by atoms with Gasteiger partial charge in [0.1, 0.15) is 6.54 Å². The molecule has 114 valence electrons. The van der Waals surface area contributed by atoms with Crippen molar-refractivity contribution in [1.29, 1.82) is 0 Å². The molecule has 0 unspecified atom stereocenters. The van der Waals surface area contributed by atoms with E-state index in [0.717, 1.165) is 5.56 Å². The minimum atomic E-state index is -1.11. The van der Waals surface area contributed by atoms with Gasteiger partial charge in [-0.2, -0.15) is 0 Å². The summed E-state index contributed by atoms with van der Waals surface area (Å²) in [5, 5.41) is 15.4. The zero-order valence-electron chi connectivity index (χ0n) is 11.8. The molecular weight excluding hydrogens is 304 g/mol. The fourth-order valence-corrected chi connectivity index (χ4v) is 2.50. The first-order chi connectivity index (χ1) is 10.5. The number of aliphatic carboxylic acids is 1. The zero-order chi connectivity index (χ0) is 16.1. The number of carbonyl (C=O) groups excluding carboxylic acids is 2. The second-order valence-electron chi connectivity index (χ2n) is 4.60. The fraction of sp³-hybridized carbons (Fsp3) is 0.133. The number of nitrogens with one attached hydrogen (secondary N) is 2. The summed E-state index contributed by atoms with van der Waals surface area (Å²) in [6.45, 7) is 1.48. The first-order valence-electron chi connectivity index (χ1n) is 6.42. The van der Waals surface area contributed by atoms with E-state index >= 15 is 0 Å². The summed E-state index contributed by atoms with van der Waals surface area (Å²) in [6.07, 6.45) is 0. The lowest BCUT2D eigenvalue weighted by Crippen LogP contribution is -2.29. The van der Waals surface area contributed by atoms with Crippen molar-refractivity contribution < 1.29 is 19.5 Å². The monoisotopic (exact) mass is 318 g/mol. The van der Waals surface area contributed by atoms with Crippen LogP contribution in [0.4, 0.5) is 5.69 Å². The van der Waals surface area contributed by atoms with Gasteiger partial charge in [-0.05, 0) is 48.2 Å². The van der Waals surface area contributed by atoms with E-state index in [1.54, 1.807) is 18.2 Å². The molecule has 2 rings (SSSR count). The normalized spacial score (nSPS) is 10.0. The van der Waals surface area contributed by atoms with Gasteiger partial charge in [-0.1, -0.05) is 0 Å². The first kappa shape index (κ1) is 15.7. The van der Waals surface area contributed by atoms with E-state index in [1.807, 2.05) is 12.3 Å². The summed E-state index contributed by atoms with van der Waals surface area (Å²) in [6, 6.07) is 8.02. The highest BCUT2D eigenvalue weighted by molar-refractivity contribution is 7.12. The molecule has 0 bridgehead atoms. The van der Waals surface area contributed by atoms with Crippen molar-refractivity contribution in [3.8, 4) is 0 Å². The molecular formula is C15H14N2O4S. The number of carboxylic acids is 1. The van der Waals surface area contributed by atoms with Gasteiger partial charge in [0.15, 0.2) is 0 Å². The number of carbonyl (C=O) groups is 3. The maximum absolute atomic E-state index is 12.0. The minimum Gasteiger partial charge on any atom is -0.480 e. The van der Waals surface area contributed by atoms with Crippen LogP contribution in [0.3, 0.4) is 0 Å². The average Bonchev–Trinajstić information content (AvgIpc) is 2.92. The molecule has 0 atom stereocenters. The summed E-state index contributed by atoms with van der Waals surface area (Å²) in [4.78, 5) is 34.6. The highest BCUT2D eigenvalue weighted by atomic mass is 32.1. The second kappa shape index (κ2) is 6.86. The summed E-state index contributed by atoms with van der Waals surface area (Å²) < 4.78 is 0. The lowest BCUT2D eigenvalue weighted by atomic mass is 10.2. The molecule has 0 fully saturated rings. The van der Waals surface area contributed by atoms with Crippen LogP contribution in [0.2, 0.25) is 0 Å². The average molecular weight is 318 g/mol. The number of anilines is 1. The van der Waals surface area contributed by atoms with Crippen LogP contribution < -0.4 is 10.6 Å². The van der Waals surface area contributed by atoms with E-state index in [2.05, 4.69) is 10.6 Å². The van der Waals surface area contributed by atoms with Crippen molar-refractivity contribution in [3.05, 3.63) is 51.7 Å². The molecule has 0 aliphatic carbocycles. The molecule has 0 saturated carbocycles. The van der Waals surface area contributed by atoms with E-state index in [1.165, 1.54) is 23.5 Å². The standard InChI is InChI=1S/C15H14N2O4S/c1-9-6-12(22-8-9)15(21)17-11-4-2-10(3-5-11)14(20)16-7-13(18)19/h2-6,8H,7H2,1H3,(H,16,20)(H,17,21)(H,18,19). The third kappa shape index (κ3) is 4.16. The Labute approximate surface area is 130 Å². The number of thiophene rings is 1. The topological polar surface area (TPSA) is 95.5 Å². The van der Waals surface area contributed by atoms with Crippen LogP contribution in [0.15, 0.2) is 35.7 Å². The van der Waals surface area contributed by atoms with Crippen LogP contribution in [0.25, 0.3) is 0 Å². The van der Waals surface area contributed by atoms with Crippen molar-refractivity contribution >= 4 is 34.8 Å². The van der Waals surface area contributed by atoms with Crippen LogP contribution in [-0.4, -0.2) is 29.4 Å². The molecule has 1 aromatic carbocycles. The number of hydrogen-bond acceptors (Lipinski definition) is 4. The summed E-state index contributed by atoms with van der Waals surface area (Å²) >= 11 is 1.36.